The molecule has 0 saturated carbocycles. The van der Waals surface area contributed by atoms with Crippen LogP contribution in [0.5, 0.6) is 6.01 Å². The summed E-state index contributed by atoms with van der Waals surface area (Å²) in [7, 11) is 1.49. The van der Waals surface area contributed by atoms with Crippen LogP contribution in [0.2, 0.25) is 0 Å². The van der Waals surface area contributed by atoms with Gasteiger partial charge in [-0.3, -0.25) is 0 Å². The standard InChI is InChI=1S/C9H16N6O/c1-16-9-12-7(11)6(10)8(13-9)14-15-4-2-3-5-15/h2-5,10H2,1H3,(H3,11,12,13,14). The van der Waals surface area contributed by atoms with Crippen molar-refractivity contribution < 1.29 is 4.74 Å². The molecule has 2 rings (SSSR count). The molecule has 88 valence electrons. The lowest BCUT2D eigenvalue weighted by atomic mass is 10.4. The second kappa shape index (κ2) is 4.40. The van der Waals surface area contributed by atoms with E-state index in [4.69, 9.17) is 16.2 Å². The van der Waals surface area contributed by atoms with Gasteiger partial charge >= 0.3 is 6.01 Å². The van der Waals surface area contributed by atoms with E-state index in [1.165, 1.54) is 20.0 Å². The van der Waals surface area contributed by atoms with Gasteiger partial charge in [0, 0.05) is 13.1 Å². The predicted octanol–water partition coefficient (Wildman–Crippen LogP) is 0.0723. The van der Waals surface area contributed by atoms with E-state index < -0.39 is 0 Å². The summed E-state index contributed by atoms with van der Waals surface area (Å²) in [5.74, 6) is 0.736. The van der Waals surface area contributed by atoms with E-state index in [1.807, 2.05) is 0 Å². The Labute approximate surface area is 93.8 Å². The highest BCUT2D eigenvalue weighted by molar-refractivity contribution is 5.72. The number of nitrogens with two attached hydrogens (primary N) is 2. The van der Waals surface area contributed by atoms with Crippen LogP contribution in [0, 0.1) is 0 Å². The van der Waals surface area contributed by atoms with E-state index in [-0.39, 0.29) is 11.8 Å². The fourth-order valence-corrected chi connectivity index (χ4v) is 1.62. The Morgan fingerprint density at radius 1 is 1.25 bits per heavy atom. The number of hydrazine groups is 1. The van der Waals surface area contributed by atoms with Crippen LogP contribution in [-0.2, 0) is 0 Å². The normalized spacial score (nSPS) is 16.3. The Bertz CT molecular complexity index is 377. The van der Waals surface area contributed by atoms with Crippen LogP contribution in [0.4, 0.5) is 17.3 Å². The molecule has 7 heteroatoms. The number of ether oxygens (including phenoxy) is 1. The van der Waals surface area contributed by atoms with Crippen molar-refractivity contribution in [3.05, 3.63) is 0 Å². The number of hydrogen-bond donors (Lipinski definition) is 3. The lowest BCUT2D eigenvalue weighted by molar-refractivity contribution is 0.376. The van der Waals surface area contributed by atoms with Gasteiger partial charge in [0.25, 0.3) is 0 Å². The molecule has 1 aliphatic heterocycles. The number of nitrogens with one attached hydrogen (secondary N) is 1. The van der Waals surface area contributed by atoms with E-state index in [1.54, 1.807) is 0 Å². The molecule has 2 heterocycles. The third-order valence-electron chi connectivity index (χ3n) is 2.51. The Balaban J connectivity index is 2.20. The SMILES string of the molecule is COc1nc(N)c(N)c(NN2CCCC2)n1. The van der Waals surface area contributed by atoms with Crippen LogP contribution in [0.25, 0.3) is 0 Å². The van der Waals surface area contributed by atoms with Crippen LogP contribution < -0.4 is 21.6 Å². The van der Waals surface area contributed by atoms with Crippen molar-refractivity contribution in [1.82, 2.24) is 15.0 Å². The fraction of sp³-hybridized carbons (Fsp3) is 0.556. The molecule has 0 radical (unpaired) electrons. The zero-order chi connectivity index (χ0) is 11.5. The monoisotopic (exact) mass is 224 g/mol. The Morgan fingerprint density at radius 3 is 2.56 bits per heavy atom. The Kier molecular flexibility index (Phi) is 2.95. The molecule has 0 aromatic carbocycles. The number of rotatable bonds is 3. The molecule has 1 aromatic rings. The highest BCUT2D eigenvalue weighted by Gasteiger charge is 2.15. The van der Waals surface area contributed by atoms with Crippen molar-refractivity contribution in [1.29, 1.82) is 0 Å². The summed E-state index contributed by atoms with van der Waals surface area (Å²) in [5, 5.41) is 2.05. The predicted molar refractivity (Wildman–Crippen MR) is 61.8 cm³/mol. The molecule has 1 saturated heterocycles. The van der Waals surface area contributed by atoms with Crippen LogP contribution in [0.1, 0.15) is 12.8 Å². The number of nitrogens with zero attached hydrogens (tertiary/aromatic N) is 3. The molecule has 7 nitrogen and oxygen atoms in total. The fourth-order valence-electron chi connectivity index (χ4n) is 1.62. The van der Waals surface area contributed by atoms with Crippen molar-refractivity contribution >= 4 is 17.3 Å². The molecule has 0 spiro atoms. The number of nitrogen functional groups attached to an aromatic ring is 2. The zero-order valence-electron chi connectivity index (χ0n) is 9.23. The molecule has 1 aliphatic rings. The van der Waals surface area contributed by atoms with Gasteiger partial charge < -0.3 is 21.6 Å². The molecule has 1 aromatic heterocycles. The highest BCUT2D eigenvalue weighted by Crippen LogP contribution is 2.25. The minimum Gasteiger partial charge on any atom is -0.467 e. The van der Waals surface area contributed by atoms with Gasteiger partial charge in [0.1, 0.15) is 5.69 Å². The maximum atomic E-state index is 5.79. The lowest BCUT2D eigenvalue weighted by Gasteiger charge is -2.18. The molecule has 16 heavy (non-hydrogen) atoms. The van der Waals surface area contributed by atoms with Gasteiger partial charge in [-0.25, -0.2) is 5.01 Å². The van der Waals surface area contributed by atoms with Crippen molar-refractivity contribution in [3.63, 3.8) is 0 Å². The number of methoxy groups -OCH3 is 1. The second-order valence-corrected chi connectivity index (χ2v) is 3.66. The zero-order valence-corrected chi connectivity index (χ0v) is 9.23. The van der Waals surface area contributed by atoms with Gasteiger partial charge in [0.15, 0.2) is 11.6 Å². The molecule has 0 amide bonds. The molecule has 0 bridgehead atoms. The Hall–Kier alpha value is -1.76. The van der Waals surface area contributed by atoms with Crippen molar-refractivity contribution in [2.24, 2.45) is 0 Å². The average Bonchev–Trinajstić information content (AvgIpc) is 2.77. The molecular formula is C9H16N6O. The second-order valence-electron chi connectivity index (χ2n) is 3.66. The van der Waals surface area contributed by atoms with E-state index in [2.05, 4.69) is 20.4 Å². The summed E-state index contributed by atoms with van der Waals surface area (Å²) < 4.78 is 4.94. The van der Waals surface area contributed by atoms with Gasteiger partial charge in [0.05, 0.1) is 7.11 Å². The molecule has 1 fully saturated rings. The molecule has 0 aliphatic carbocycles. The van der Waals surface area contributed by atoms with Crippen LogP contribution in [0.3, 0.4) is 0 Å². The summed E-state index contributed by atoms with van der Waals surface area (Å²) in [6, 6.07) is 0.216. The quantitative estimate of drug-likeness (QED) is 0.667. The molecular weight excluding hydrogens is 208 g/mol. The molecule has 0 unspecified atom stereocenters. The topological polar surface area (TPSA) is 102 Å². The minimum absolute atomic E-state index is 0.216. The largest absolute Gasteiger partial charge is 0.467 e. The highest BCUT2D eigenvalue weighted by atomic mass is 16.5. The summed E-state index contributed by atoms with van der Waals surface area (Å²) in [6.45, 7) is 1.96. The van der Waals surface area contributed by atoms with Crippen molar-refractivity contribution in [2.45, 2.75) is 12.8 Å². The molecule has 0 atom stereocenters. The Morgan fingerprint density at radius 2 is 1.94 bits per heavy atom. The summed E-state index contributed by atoms with van der Waals surface area (Å²) in [4.78, 5) is 8.01. The van der Waals surface area contributed by atoms with Crippen LogP contribution in [0.15, 0.2) is 0 Å². The third-order valence-corrected chi connectivity index (χ3v) is 2.51. The third kappa shape index (κ3) is 2.08. The van der Waals surface area contributed by atoms with Gasteiger partial charge in [-0.2, -0.15) is 9.97 Å². The van der Waals surface area contributed by atoms with E-state index >= 15 is 0 Å². The summed E-state index contributed by atoms with van der Waals surface area (Å²) >= 11 is 0. The molecule has 5 N–H and O–H groups in total. The maximum absolute atomic E-state index is 5.79. The van der Waals surface area contributed by atoms with Crippen LogP contribution >= 0.6 is 0 Å². The average molecular weight is 224 g/mol. The summed E-state index contributed by atoms with van der Waals surface area (Å²) in [5.41, 5.74) is 14.9. The first-order chi connectivity index (χ1) is 7.70. The lowest BCUT2D eigenvalue weighted by Crippen LogP contribution is -2.27. The summed E-state index contributed by atoms with van der Waals surface area (Å²) in [6.07, 6.45) is 2.34. The number of aromatic nitrogens is 2. The van der Waals surface area contributed by atoms with Gasteiger partial charge in [-0.1, -0.05) is 0 Å². The number of anilines is 3. The van der Waals surface area contributed by atoms with Crippen LogP contribution in [-0.4, -0.2) is 35.2 Å². The van der Waals surface area contributed by atoms with E-state index in [0.717, 1.165) is 13.1 Å². The van der Waals surface area contributed by atoms with Gasteiger partial charge in [0.2, 0.25) is 0 Å². The maximum Gasteiger partial charge on any atom is 0.320 e. The van der Waals surface area contributed by atoms with E-state index in [9.17, 15) is 0 Å². The first-order valence-corrected chi connectivity index (χ1v) is 5.19. The smallest absolute Gasteiger partial charge is 0.320 e. The van der Waals surface area contributed by atoms with Crippen molar-refractivity contribution in [2.75, 3.05) is 37.1 Å². The van der Waals surface area contributed by atoms with E-state index in [0.29, 0.717) is 11.5 Å². The van der Waals surface area contributed by atoms with Gasteiger partial charge in [-0.05, 0) is 12.8 Å². The van der Waals surface area contributed by atoms with Crippen molar-refractivity contribution in [3.8, 4) is 6.01 Å². The number of hydrogen-bond acceptors (Lipinski definition) is 7. The van der Waals surface area contributed by atoms with Gasteiger partial charge in [-0.15, -0.1) is 0 Å². The first kappa shape index (κ1) is 10.7. The first-order valence-electron chi connectivity index (χ1n) is 5.19. The minimum atomic E-state index is 0.216.